The van der Waals surface area contributed by atoms with E-state index in [9.17, 15) is 4.79 Å². The van der Waals surface area contributed by atoms with Crippen LogP contribution >= 0.6 is 0 Å². The molecule has 2 rings (SSSR count). The zero-order valence-corrected chi connectivity index (χ0v) is 12.2. The van der Waals surface area contributed by atoms with Crippen molar-refractivity contribution < 1.29 is 9.53 Å². The van der Waals surface area contributed by atoms with E-state index in [0.29, 0.717) is 5.56 Å². The van der Waals surface area contributed by atoms with Gasteiger partial charge in [0.25, 0.3) is 0 Å². The molecule has 0 aliphatic carbocycles. The maximum atomic E-state index is 12.1. The zero-order valence-electron chi connectivity index (χ0n) is 12.2. The average molecular weight is 281 g/mol. The molecule has 2 aromatic rings. The van der Waals surface area contributed by atoms with Crippen molar-refractivity contribution in [3.05, 3.63) is 65.7 Å². The van der Waals surface area contributed by atoms with Crippen LogP contribution in [0.2, 0.25) is 0 Å². The number of rotatable bonds is 6. The van der Waals surface area contributed by atoms with E-state index in [0.717, 1.165) is 24.1 Å². The van der Waals surface area contributed by atoms with Gasteiger partial charge in [0.1, 0.15) is 6.61 Å². The van der Waals surface area contributed by atoms with E-state index in [4.69, 9.17) is 4.74 Å². The minimum atomic E-state index is -0.293. The van der Waals surface area contributed by atoms with E-state index in [2.05, 4.69) is 11.9 Å². The molecule has 3 nitrogen and oxygen atoms in total. The fraction of sp³-hybridized carbons (Fsp3) is 0.222. The number of hydrogen-bond donors (Lipinski definition) is 0. The maximum Gasteiger partial charge on any atom is 0.338 e. The quantitative estimate of drug-likeness (QED) is 0.588. The molecule has 0 heterocycles. The highest BCUT2D eigenvalue weighted by molar-refractivity contribution is 5.91. The number of nitrogens with zero attached hydrogens (tertiary/aromatic N) is 1. The Hall–Kier alpha value is -2.42. The summed E-state index contributed by atoms with van der Waals surface area (Å²) in [7, 11) is 0. The molecule has 108 valence electrons. The van der Waals surface area contributed by atoms with Gasteiger partial charge in [0, 0.05) is 6.21 Å². The predicted octanol–water partition coefficient (Wildman–Crippen LogP) is 4.20. The average Bonchev–Trinajstić information content (AvgIpc) is 2.53. The van der Waals surface area contributed by atoms with Crippen LogP contribution in [-0.2, 0) is 11.2 Å². The lowest BCUT2D eigenvalue weighted by Crippen LogP contribution is -2.09. The fourth-order valence-corrected chi connectivity index (χ4v) is 2.05. The second kappa shape index (κ2) is 8.00. The van der Waals surface area contributed by atoms with E-state index >= 15 is 0 Å². The van der Waals surface area contributed by atoms with Crippen LogP contribution in [-0.4, -0.2) is 18.8 Å². The van der Waals surface area contributed by atoms with Crippen molar-refractivity contribution in [2.45, 2.75) is 19.8 Å². The molecule has 0 bridgehead atoms. The summed E-state index contributed by atoms with van der Waals surface area (Å²) in [6.07, 6.45) is 3.48. The molecule has 0 saturated heterocycles. The number of benzene rings is 2. The zero-order chi connectivity index (χ0) is 14.9. The lowest BCUT2D eigenvalue weighted by atomic mass is 10.0. The molecule has 0 atom stereocenters. The first-order valence-corrected chi connectivity index (χ1v) is 7.14. The van der Waals surface area contributed by atoms with Crippen molar-refractivity contribution in [3.8, 4) is 0 Å². The first kappa shape index (κ1) is 15.0. The Morgan fingerprint density at radius 3 is 2.57 bits per heavy atom. The Morgan fingerprint density at radius 1 is 1.10 bits per heavy atom. The van der Waals surface area contributed by atoms with Crippen molar-refractivity contribution in [1.82, 2.24) is 0 Å². The van der Waals surface area contributed by atoms with E-state index in [1.807, 2.05) is 54.6 Å². The molecule has 0 aliphatic rings. The normalized spacial score (nSPS) is 10.7. The van der Waals surface area contributed by atoms with Crippen LogP contribution in [0, 0.1) is 0 Å². The van der Waals surface area contributed by atoms with Crippen LogP contribution in [0.3, 0.4) is 0 Å². The minimum absolute atomic E-state index is 0.175. The molecule has 0 aliphatic heterocycles. The van der Waals surface area contributed by atoms with Gasteiger partial charge in [-0.05, 0) is 30.2 Å². The van der Waals surface area contributed by atoms with Gasteiger partial charge >= 0.3 is 5.97 Å². The number of aliphatic imine (C=N–C) groups is 1. The Bertz CT molecular complexity index is 606. The number of para-hydroxylation sites is 1. The SMILES string of the molecule is CCCc1ccccc1C(=O)OCC=Nc1ccccc1. The van der Waals surface area contributed by atoms with Gasteiger partial charge in [-0.15, -0.1) is 0 Å². The van der Waals surface area contributed by atoms with Crippen molar-refractivity contribution in [2.75, 3.05) is 6.61 Å². The summed E-state index contributed by atoms with van der Waals surface area (Å²) < 4.78 is 5.25. The van der Waals surface area contributed by atoms with Crippen molar-refractivity contribution >= 4 is 17.9 Å². The summed E-state index contributed by atoms with van der Waals surface area (Å²) in [6.45, 7) is 2.27. The Balaban J connectivity index is 1.92. The van der Waals surface area contributed by atoms with Crippen molar-refractivity contribution in [2.24, 2.45) is 4.99 Å². The van der Waals surface area contributed by atoms with Crippen LogP contribution < -0.4 is 0 Å². The third-order valence-corrected chi connectivity index (χ3v) is 3.04. The van der Waals surface area contributed by atoms with Gasteiger partial charge in [-0.25, -0.2) is 4.79 Å². The Morgan fingerprint density at radius 2 is 1.81 bits per heavy atom. The highest BCUT2D eigenvalue weighted by atomic mass is 16.5. The molecule has 2 aromatic carbocycles. The van der Waals surface area contributed by atoms with Crippen molar-refractivity contribution in [1.29, 1.82) is 0 Å². The largest absolute Gasteiger partial charge is 0.456 e. The summed E-state index contributed by atoms with van der Waals surface area (Å²) in [6, 6.07) is 17.1. The van der Waals surface area contributed by atoms with Crippen LogP contribution in [0.15, 0.2) is 59.6 Å². The van der Waals surface area contributed by atoms with Gasteiger partial charge < -0.3 is 4.74 Å². The predicted molar refractivity (Wildman–Crippen MR) is 85.3 cm³/mol. The van der Waals surface area contributed by atoms with E-state index in [1.165, 1.54) is 0 Å². The Kier molecular flexibility index (Phi) is 5.71. The molecule has 0 aromatic heterocycles. The fourth-order valence-electron chi connectivity index (χ4n) is 2.05. The van der Waals surface area contributed by atoms with Gasteiger partial charge in [0.05, 0.1) is 11.3 Å². The number of esters is 1. The molecule has 3 heteroatoms. The van der Waals surface area contributed by atoms with Crippen LogP contribution in [0.1, 0.15) is 29.3 Å². The second-order valence-electron chi connectivity index (χ2n) is 4.65. The van der Waals surface area contributed by atoms with E-state index < -0.39 is 0 Å². The van der Waals surface area contributed by atoms with Gasteiger partial charge in [0.2, 0.25) is 0 Å². The highest BCUT2D eigenvalue weighted by Crippen LogP contribution is 2.12. The lowest BCUT2D eigenvalue weighted by molar-refractivity contribution is 0.0565. The summed E-state index contributed by atoms with van der Waals surface area (Å²) in [5.41, 5.74) is 2.53. The van der Waals surface area contributed by atoms with E-state index in [-0.39, 0.29) is 12.6 Å². The van der Waals surface area contributed by atoms with Crippen LogP contribution in [0.25, 0.3) is 0 Å². The summed E-state index contributed by atoms with van der Waals surface area (Å²) in [5, 5.41) is 0. The van der Waals surface area contributed by atoms with Gasteiger partial charge in [-0.2, -0.15) is 0 Å². The third kappa shape index (κ3) is 4.56. The number of ether oxygens (including phenoxy) is 1. The topological polar surface area (TPSA) is 38.7 Å². The molecule has 0 fully saturated rings. The number of hydrogen-bond acceptors (Lipinski definition) is 3. The first-order valence-electron chi connectivity index (χ1n) is 7.14. The number of carbonyl (C=O) groups excluding carboxylic acids is 1. The van der Waals surface area contributed by atoms with Gasteiger partial charge in [-0.3, -0.25) is 4.99 Å². The molecule has 0 radical (unpaired) electrons. The molecular formula is C18H19NO2. The number of aryl methyl sites for hydroxylation is 1. The maximum absolute atomic E-state index is 12.1. The molecule has 0 amide bonds. The highest BCUT2D eigenvalue weighted by Gasteiger charge is 2.10. The second-order valence-corrected chi connectivity index (χ2v) is 4.65. The monoisotopic (exact) mass is 281 g/mol. The summed E-state index contributed by atoms with van der Waals surface area (Å²) >= 11 is 0. The standard InChI is InChI=1S/C18H19NO2/c1-2-8-15-9-6-7-12-17(15)18(20)21-14-13-19-16-10-4-3-5-11-16/h3-7,9-13H,2,8,14H2,1H3. The summed E-state index contributed by atoms with van der Waals surface area (Å²) in [5.74, 6) is -0.293. The smallest absolute Gasteiger partial charge is 0.338 e. The first-order chi connectivity index (χ1) is 10.3. The summed E-state index contributed by atoms with van der Waals surface area (Å²) in [4.78, 5) is 16.3. The van der Waals surface area contributed by atoms with Crippen LogP contribution in [0.4, 0.5) is 5.69 Å². The molecule has 0 saturated carbocycles. The third-order valence-electron chi connectivity index (χ3n) is 3.04. The Labute approximate surface area is 125 Å². The minimum Gasteiger partial charge on any atom is -0.456 e. The van der Waals surface area contributed by atoms with Crippen LogP contribution in [0.5, 0.6) is 0 Å². The molecular weight excluding hydrogens is 262 g/mol. The molecule has 0 spiro atoms. The van der Waals surface area contributed by atoms with Gasteiger partial charge in [-0.1, -0.05) is 49.7 Å². The molecule has 0 unspecified atom stereocenters. The lowest BCUT2D eigenvalue weighted by Gasteiger charge is -2.07. The van der Waals surface area contributed by atoms with Crippen molar-refractivity contribution in [3.63, 3.8) is 0 Å². The molecule has 0 N–H and O–H groups in total. The van der Waals surface area contributed by atoms with Gasteiger partial charge in [0.15, 0.2) is 0 Å². The number of carbonyl (C=O) groups is 1. The van der Waals surface area contributed by atoms with E-state index in [1.54, 1.807) is 6.21 Å². The molecule has 21 heavy (non-hydrogen) atoms.